The van der Waals surface area contributed by atoms with E-state index in [1.165, 1.54) is 0 Å². The van der Waals surface area contributed by atoms with Crippen LogP contribution in [0.25, 0.3) is 10.8 Å². The van der Waals surface area contributed by atoms with Crippen molar-refractivity contribution in [2.45, 2.75) is 18.7 Å². The third kappa shape index (κ3) is 3.08. The molecular formula is C19H19NO3S. The molecule has 0 saturated carbocycles. The Labute approximate surface area is 142 Å². The minimum absolute atomic E-state index is 0.234. The molecule has 0 aliphatic rings. The number of sulfonamides is 1. The van der Waals surface area contributed by atoms with E-state index in [1.807, 2.05) is 50.2 Å². The zero-order chi connectivity index (χ0) is 17.3. The number of anilines is 1. The highest BCUT2D eigenvalue weighted by Gasteiger charge is 2.19. The lowest BCUT2D eigenvalue weighted by molar-refractivity contribution is 0.419. The maximum atomic E-state index is 12.9. The quantitative estimate of drug-likeness (QED) is 0.771. The highest BCUT2D eigenvalue weighted by molar-refractivity contribution is 7.93. The number of rotatable bonds is 4. The Morgan fingerprint density at radius 3 is 2.12 bits per heavy atom. The summed E-state index contributed by atoms with van der Waals surface area (Å²) in [7, 11) is -2.13. The lowest BCUT2D eigenvalue weighted by atomic mass is 10.1. The average molecular weight is 341 g/mol. The van der Waals surface area contributed by atoms with Crippen LogP contribution in [-0.2, 0) is 10.0 Å². The van der Waals surface area contributed by atoms with Gasteiger partial charge in [0.05, 0.1) is 12.0 Å². The zero-order valence-corrected chi connectivity index (χ0v) is 14.6. The fraction of sp³-hybridized carbons (Fsp3) is 0.158. The zero-order valence-electron chi connectivity index (χ0n) is 13.8. The van der Waals surface area contributed by atoms with Crippen LogP contribution in [0.15, 0.2) is 59.5 Å². The SMILES string of the molecule is COc1ccc(S(=O)(=O)Nc2cc(C)cc(C)c2)c2ccccc12. The minimum Gasteiger partial charge on any atom is -0.496 e. The van der Waals surface area contributed by atoms with Gasteiger partial charge in [0.15, 0.2) is 0 Å². The van der Waals surface area contributed by atoms with Crippen LogP contribution in [0.2, 0.25) is 0 Å². The summed E-state index contributed by atoms with van der Waals surface area (Å²) in [6, 6.07) is 16.2. The Kier molecular flexibility index (Phi) is 4.20. The van der Waals surface area contributed by atoms with E-state index < -0.39 is 10.0 Å². The highest BCUT2D eigenvalue weighted by Crippen LogP contribution is 2.31. The first-order chi connectivity index (χ1) is 11.4. The van der Waals surface area contributed by atoms with Crippen LogP contribution in [-0.4, -0.2) is 15.5 Å². The summed E-state index contributed by atoms with van der Waals surface area (Å²) in [4.78, 5) is 0.234. The van der Waals surface area contributed by atoms with E-state index in [9.17, 15) is 8.42 Å². The van der Waals surface area contributed by atoms with Crippen molar-refractivity contribution < 1.29 is 13.2 Å². The second-order valence-electron chi connectivity index (χ2n) is 5.79. The summed E-state index contributed by atoms with van der Waals surface area (Å²) in [5, 5.41) is 1.40. The van der Waals surface area contributed by atoms with Gasteiger partial charge >= 0.3 is 0 Å². The molecular weight excluding hydrogens is 322 g/mol. The van der Waals surface area contributed by atoms with Gasteiger partial charge < -0.3 is 4.74 Å². The predicted molar refractivity (Wildman–Crippen MR) is 97.2 cm³/mol. The van der Waals surface area contributed by atoms with E-state index in [0.29, 0.717) is 16.8 Å². The topological polar surface area (TPSA) is 55.4 Å². The molecule has 0 unspecified atom stereocenters. The summed E-state index contributed by atoms with van der Waals surface area (Å²) in [6.07, 6.45) is 0. The second kappa shape index (κ2) is 6.17. The molecule has 0 bridgehead atoms. The lowest BCUT2D eigenvalue weighted by Gasteiger charge is -2.13. The van der Waals surface area contributed by atoms with E-state index in [1.54, 1.807) is 25.3 Å². The van der Waals surface area contributed by atoms with E-state index in [-0.39, 0.29) is 4.90 Å². The molecule has 0 aliphatic carbocycles. The molecule has 4 nitrogen and oxygen atoms in total. The monoisotopic (exact) mass is 341 g/mol. The summed E-state index contributed by atoms with van der Waals surface area (Å²) >= 11 is 0. The molecule has 1 N–H and O–H groups in total. The Morgan fingerprint density at radius 1 is 0.875 bits per heavy atom. The van der Waals surface area contributed by atoms with Gasteiger partial charge in [-0.15, -0.1) is 0 Å². The van der Waals surface area contributed by atoms with Crippen molar-refractivity contribution in [1.82, 2.24) is 0 Å². The first-order valence-electron chi connectivity index (χ1n) is 7.57. The van der Waals surface area contributed by atoms with Crippen LogP contribution in [0.3, 0.4) is 0 Å². The average Bonchev–Trinajstić information content (AvgIpc) is 2.52. The third-order valence-corrected chi connectivity index (χ3v) is 5.27. The van der Waals surface area contributed by atoms with Gasteiger partial charge in [-0.25, -0.2) is 8.42 Å². The van der Waals surface area contributed by atoms with Crippen LogP contribution >= 0.6 is 0 Å². The highest BCUT2D eigenvalue weighted by atomic mass is 32.2. The molecule has 0 spiro atoms. The number of hydrogen-bond acceptors (Lipinski definition) is 3. The summed E-state index contributed by atoms with van der Waals surface area (Å²) in [6.45, 7) is 3.88. The number of fused-ring (bicyclic) bond motifs is 1. The van der Waals surface area contributed by atoms with Gasteiger partial charge in [-0.2, -0.15) is 0 Å². The molecule has 3 aromatic rings. The molecule has 24 heavy (non-hydrogen) atoms. The number of benzene rings is 3. The molecule has 0 saturated heterocycles. The van der Waals surface area contributed by atoms with Crippen LogP contribution in [0.5, 0.6) is 5.75 Å². The summed E-state index contributed by atoms with van der Waals surface area (Å²) < 4.78 is 33.8. The lowest BCUT2D eigenvalue weighted by Crippen LogP contribution is -2.13. The molecule has 0 radical (unpaired) electrons. The van der Waals surface area contributed by atoms with Crippen LogP contribution in [0.4, 0.5) is 5.69 Å². The van der Waals surface area contributed by atoms with E-state index in [2.05, 4.69) is 4.72 Å². The first-order valence-corrected chi connectivity index (χ1v) is 9.06. The van der Waals surface area contributed by atoms with Gasteiger partial charge in [0.25, 0.3) is 10.0 Å². The standard InChI is InChI=1S/C19H19NO3S/c1-13-10-14(2)12-15(11-13)20-24(21,22)19-9-8-18(23-3)16-6-4-5-7-17(16)19/h4-12,20H,1-3H3. The molecule has 5 heteroatoms. The number of nitrogens with one attached hydrogen (secondary N) is 1. The van der Waals surface area contributed by atoms with Gasteiger partial charge in [-0.05, 0) is 49.2 Å². The predicted octanol–water partition coefficient (Wildman–Crippen LogP) is 4.27. The van der Waals surface area contributed by atoms with Crippen molar-refractivity contribution in [2.75, 3.05) is 11.8 Å². The van der Waals surface area contributed by atoms with Crippen LogP contribution in [0, 0.1) is 13.8 Å². The van der Waals surface area contributed by atoms with Gasteiger partial charge in [0.1, 0.15) is 5.75 Å². The first kappa shape index (κ1) is 16.3. The molecule has 3 rings (SSSR count). The van der Waals surface area contributed by atoms with Crippen molar-refractivity contribution in [1.29, 1.82) is 0 Å². The molecule has 124 valence electrons. The third-order valence-electron chi connectivity index (χ3n) is 3.83. The molecule has 0 fully saturated rings. The van der Waals surface area contributed by atoms with Gasteiger partial charge in [0, 0.05) is 16.5 Å². The van der Waals surface area contributed by atoms with Gasteiger partial charge in [-0.3, -0.25) is 4.72 Å². The molecule has 0 atom stereocenters. The maximum Gasteiger partial charge on any atom is 0.262 e. The second-order valence-corrected chi connectivity index (χ2v) is 7.44. The number of ether oxygens (including phenoxy) is 1. The fourth-order valence-electron chi connectivity index (χ4n) is 2.90. The van der Waals surface area contributed by atoms with Gasteiger partial charge in [0.2, 0.25) is 0 Å². The van der Waals surface area contributed by atoms with Crippen LogP contribution < -0.4 is 9.46 Å². The van der Waals surface area contributed by atoms with Crippen molar-refractivity contribution in [3.8, 4) is 5.75 Å². The summed E-state index contributed by atoms with van der Waals surface area (Å²) in [5.41, 5.74) is 2.58. The maximum absolute atomic E-state index is 12.9. The summed E-state index contributed by atoms with van der Waals surface area (Å²) in [5.74, 6) is 0.649. The molecule has 0 heterocycles. The molecule has 0 aliphatic heterocycles. The Morgan fingerprint density at radius 2 is 1.50 bits per heavy atom. The Bertz CT molecular complexity index is 990. The largest absolute Gasteiger partial charge is 0.496 e. The molecule has 0 amide bonds. The van der Waals surface area contributed by atoms with Crippen molar-refractivity contribution >= 4 is 26.5 Å². The van der Waals surface area contributed by atoms with E-state index in [0.717, 1.165) is 16.5 Å². The van der Waals surface area contributed by atoms with E-state index >= 15 is 0 Å². The van der Waals surface area contributed by atoms with Crippen molar-refractivity contribution in [3.05, 3.63) is 65.7 Å². The smallest absolute Gasteiger partial charge is 0.262 e. The minimum atomic E-state index is -3.70. The van der Waals surface area contributed by atoms with Crippen LogP contribution in [0.1, 0.15) is 11.1 Å². The van der Waals surface area contributed by atoms with Gasteiger partial charge in [-0.1, -0.05) is 30.3 Å². The number of hydrogen-bond donors (Lipinski definition) is 1. The van der Waals surface area contributed by atoms with Crippen molar-refractivity contribution in [3.63, 3.8) is 0 Å². The Balaban J connectivity index is 2.12. The molecule has 3 aromatic carbocycles. The number of aryl methyl sites for hydroxylation is 2. The number of methoxy groups -OCH3 is 1. The Hall–Kier alpha value is -2.53. The normalized spacial score (nSPS) is 11.5. The fourth-order valence-corrected chi connectivity index (χ4v) is 4.15. The van der Waals surface area contributed by atoms with E-state index in [4.69, 9.17) is 4.74 Å². The molecule has 0 aromatic heterocycles. The van der Waals surface area contributed by atoms with Crippen molar-refractivity contribution in [2.24, 2.45) is 0 Å².